The van der Waals surface area contributed by atoms with Crippen LogP contribution in [0.3, 0.4) is 0 Å². The van der Waals surface area contributed by atoms with E-state index in [9.17, 15) is 9.90 Å². The molecule has 0 saturated heterocycles. The van der Waals surface area contributed by atoms with Crippen LogP contribution >= 0.6 is 0 Å². The van der Waals surface area contributed by atoms with E-state index >= 15 is 0 Å². The zero-order valence-electron chi connectivity index (χ0n) is 25.7. The molecule has 224 valence electrons. The Balaban J connectivity index is 1.65. The molecule has 1 N–H and O–H groups in total. The smallest absolute Gasteiger partial charge is 0.305 e. The molecule has 7 nitrogen and oxygen atoms in total. The molecule has 7 heteroatoms. The molecule has 0 aromatic carbocycles. The lowest BCUT2D eigenvalue weighted by atomic mass is 10.0. The number of aliphatic hydroxyl groups is 1. The number of carbonyl (C=O) groups excluding carboxylic acids is 1. The first kappa shape index (κ1) is 33.5. The van der Waals surface area contributed by atoms with Crippen molar-refractivity contribution in [1.29, 1.82) is 0 Å². The number of ether oxygens (including phenoxy) is 3. The molecule has 0 aliphatic carbocycles. The van der Waals surface area contributed by atoms with Gasteiger partial charge in [0.1, 0.15) is 18.0 Å². The van der Waals surface area contributed by atoms with Crippen molar-refractivity contribution in [3.8, 4) is 5.75 Å². The van der Waals surface area contributed by atoms with Gasteiger partial charge in [0.05, 0.1) is 46.2 Å². The molecule has 1 aromatic heterocycles. The molecule has 1 aromatic rings. The van der Waals surface area contributed by atoms with Gasteiger partial charge in [0.2, 0.25) is 0 Å². The predicted molar refractivity (Wildman–Crippen MR) is 156 cm³/mol. The standard InChI is InChI=1S/C32H57N2O5/c1-6-8-9-10-11-12-13-14-15-16-17-20-30(36)37-22-18-21-34(4,5)23-29-27(24-35)28-25-38-31(19-7-2)39-32(28)26(3)33-29/h31,35H,6-25H2,1-5H3/q+1. The maximum Gasteiger partial charge on any atom is 0.305 e. The van der Waals surface area contributed by atoms with Crippen LogP contribution in [0.15, 0.2) is 0 Å². The number of pyridine rings is 1. The number of aryl methyl sites for hydroxylation is 1. The lowest BCUT2D eigenvalue weighted by molar-refractivity contribution is -0.904. The zero-order valence-corrected chi connectivity index (χ0v) is 25.7. The average Bonchev–Trinajstić information content (AvgIpc) is 2.90. The van der Waals surface area contributed by atoms with Crippen LogP contribution in [0.25, 0.3) is 0 Å². The molecule has 0 amide bonds. The number of fused-ring (bicyclic) bond motifs is 1. The molecule has 39 heavy (non-hydrogen) atoms. The van der Waals surface area contributed by atoms with Crippen molar-refractivity contribution < 1.29 is 28.6 Å². The van der Waals surface area contributed by atoms with Crippen molar-refractivity contribution in [3.05, 3.63) is 22.5 Å². The zero-order chi connectivity index (χ0) is 28.5. The Morgan fingerprint density at radius 2 is 1.62 bits per heavy atom. The summed E-state index contributed by atoms with van der Waals surface area (Å²) in [5.41, 5.74) is 3.46. The highest BCUT2D eigenvalue weighted by Gasteiger charge is 2.29. The maximum atomic E-state index is 12.2. The van der Waals surface area contributed by atoms with Crippen LogP contribution in [0.2, 0.25) is 0 Å². The SMILES string of the molecule is CCCCCCCCCCCCCC(=O)OCCC[N+](C)(C)Cc1nc(C)c2c(c1CO)COC(CCC)O2. The minimum atomic E-state index is -0.245. The van der Waals surface area contributed by atoms with Gasteiger partial charge in [0.15, 0.2) is 6.29 Å². The number of unbranched alkanes of at least 4 members (excludes halogenated alkanes) is 10. The topological polar surface area (TPSA) is 77.9 Å². The van der Waals surface area contributed by atoms with Gasteiger partial charge < -0.3 is 23.8 Å². The Morgan fingerprint density at radius 1 is 0.974 bits per heavy atom. The third-order valence-electron chi connectivity index (χ3n) is 7.70. The highest BCUT2D eigenvalue weighted by Crippen LogP contribution is 2.35. The van der Waals surface area contributed by atoms with Gasteiger partial charge in [-0.25, -0.2) is 4.98 Å². The van der Waals surface area contributed by atoms with E-state index in [1.165, 1.54) is 57.8 Å². The van der Waals surface area contributed by atoms with Crippen LogP contribution in [0.4, 0.5) is 0 Å². The van der Waals surface area contributed by atoms with E-state index in [1.54, 1.807) is 0 Å². The van der Waals surface area contributed by atoms with Crippen LogP contribution in [0.5, 0.6) is 5.75 Å². The number of hydrogen-bond acceptors (Lipinski definition) is 6. The van der Waals surface area contributed by atoms with E-state index in [1.807, 2.05) is 6.92 Å². The first-order valence-corrected chi connectivity index (χ1v) is 15.7. The molecule has 1 unspecified atom stereocenters. The van der Waals surface area contributed by atoms with Crippen molar-refractivity contribution >= 4 is 5.97 Å². The van der Waals surface area contributed by atoms with E-state index < -0.39 is 0 Å². The first-order chi connectivity index (χ1) is 18.8. The van der Waals surface area contributed by atoms with Gasteiger partial charge in [-0.1, -0.05) is 84.5 Å². The number of hydrogen-bond donors (Lipinski definition) is 1. The Morgan fingerprint density at radius 3 is 2.23 bits per heavy atom. The highest BCUT2D eigenvalue weighted by molar-refractivity contribution is 5.69. The summed E-state index contributed by atoms with van der Waals surface area (Å²) in [7, 11) is 4.30. The number of rotatable bonds is 21. The third kappa shape index (κ3) is 12.6. The Bertz CT molecular complexity index is 842. The van der Waals surface area contributed by atoms with Gasteiger partial charge in [0, 0.05) is 30.4 Å². The third-order valence-corrected chi connectivity index (χ3v) is 7.70. The largest absolute Gasteiger partial charge is 0.465 e. The van der Waals surface area contributed by atoms with Crippen molar-refractivity contribution in [2.45, 2.75) is 143 Å². The second kappa shape index (κ2) is 18.6. The molecule has 2 heterocycles. The molecular weight excluding hydrogens is 492 g/mol. The summed E-state index contributed by atoms with van der Waals surface area (Å²) >= 11 is 0. The van der Waals surface area contributed by atoms with Gasteiger partial charge in [-0.15, -0.1) is 0 Å². The highest BCUT2D eigenvalue weighted by atomic mass is 16.7. The van der Waals surface area contributed by atoms with Gasteiger partial charge in [-0.2, -0.15) is 0 Å². The fourth-order valence-electron chi connectivity index (χ4n) is 5.37. The van der Waals surface area contributed by atoms with Crippen LogP contribution in [-0.2, 0) is 34.0 Å². The Kier molecular flexibility index (Phi) is 16.0. The van der Waals surface area contributed by atoms with Crippen LogP contribution < -0.4 is 4.74 Å². The summed E-state index contributed by atoms with van der Waals surface area (Å²) in [6, 6.07) is 0. The minimum absolute atomic E-state index is 0.0767. The second-order valence-electron chi connectivity index (χ2n) is 11.9. The van der Waals surface area contributed by atoms with Crippen molar-refractivity contribution in [2.24, 2.45) is 0 Å². The molecule has 0 radical (unpaired) electrons. The average molecular weight is 550 g/mol. The predicted octanol–water partition coefficient (Wildman–Crippen LogP) is 7.13. The minimum Gasteiger partial charge on any atom is -0.465 e. The molecule has 1 aliphatic heterocycles. The first-order valence-electron chi connectivity index (χ1n) is 15.7. The number of carbonyl (C=O) groups is 1. The summed E-state index contributed by atoms with van der Waals surface area (Å²) in [5, 5.41) is 10.2. The maximum absolute atomic E-state index is 12.2. The molecule has 0 spiro atoms. The Hall–Kier alpha value is -1.70. The van der Waals surface area contributed by atoms with Crippen LogP contribution in [0.1, 0.15) is 133 Å². The molecule has 0 saturated carbocycles. The quantitative estimate of drug-likeness (QED) is 0.0998. The van der Waals surface area contributed by atoms with Crippen molar-refractivity contribution in [2.75, 3.05) is 27.2 Å². The van der Waals surface area contributed by atoms with E-state index in [4.69, 9.17) is 19.2 Å². The summed E-state index contributed by atoms with van der Waals surface area (Å²) < 4.78 is 18.1. The molecule has 2 rings (SSSR count). The van der Waals surface area contributed by atoms with E-state index in [2.05, 4.69) is 27.9 Å². The normalized spacial score (nSPS) is 15.2. The van der Waals surface area contributed by atoms with Gasteiger partial charge >= 0.3 is 5.97 Å². The van der Waals surface area contributed by atoms with E-state index in [0.29, 0.717) is 30.7 Å². The van der Waals surface area contributed by atoms with Gasteiger partial charge in [-0.05, 0) is 13.3 Å². The second-order valence-corrected chi connectivity index (χ2v) is 11.9. The van der Waals surface area contributed by atoms with Crippen molar-refractivity contribution in [3.63, 3.8) is 0 Å². The van der Waals surface area contributed by atoms with Crippen molar-refractivity contribution in [1.82, 2.24) is 4.98 Å². The monoisotopic (exact) mass is 549 g/mol. The number of esters is 1. The number of aromatic nitrogens is 1. The van der Waals surface area contributed by atoms with E-state index in [-0.39, 0.29) is 18.9 Å². The van der Waals surface area contributed by atoms with Crippen LogP contribution in [0, 0.1) is 6.92 Å². The molecule has 0 fully saturated rings. The molecule has 0 bridgehead atoms. The molecule has 1 atom stereocenters. The summed E-state index contributed by atoms with van der Waals surface area (Å²) in [5.74, 6) is 0.690. The molecular formula is C32H57N2O5+. The summed E-state index contributed by atoms with van der Waals surface area (Å²) in [4.78, 5) is 17.0. The van der Waals surface area contributed by atoms with E-state index in [0.717, 1.165) is 66.9 Å². The van der Waals surface area contributed by atoms with Gasteiger partial charge in [-0.3, -0.25) is 4.79 Å². The Labute approximate surface area is 238 Å². The van der Waals surface area contributed by atoms with Gasteiger partial charge in [0.25, 0.3) is 0 Å². The number of aliphatic hydroxyl groups excluding tert-OH is 1. The fourth-order valence-corrected chi connectivity index (χ4v) is 5.37. The lowest BCUT2D eigenvalue weighted by Gasteiger charge is -2.33. The fraction of sp³-hybridized carbons (Fsp3) is 0.812. The summed E-state index contributed by atoms with van der Waals surface area (Å²) in [6.07, 6.45) is 16.9. The number of nitrogens with zero attached hydrogens (tertiary/aromatic N) is 2. The number of quaternary nitrogens is 1. The van der Waals surface area contributed by atoms with Crippen LogP contribution in [-0.4, -0.2) is 54.1 Å². The lowest BCUT2D eigenvalue weighted by Crippen LogP contribution is -2.41. The molecule has 1 aliphatic rings. The summed E-state index contributed by atoms with van der Waals surface area (Å²) in [6.45, 7) is 8.65.